The van der Waals surface area contributed by atoms with Crippen LogP contribution in [0.1, 0.15) is 30.8 Å². The number of anilines is 1. The Hall–Kier alpha value is -2.85. The molecule has 1 N–H and O–H groups in total. The number of aromatic nitrogens is 4. The third-order valence-electron chi connectivity index (χ3n) is 4.81. The maximum atomic E-state index is 12.5. The Morgan fingerprint density at radius 1 is 1.14 bits per heavy atom. The maximum Gasteiger partial charge on any atom is 0.252 e. The van der Waals surface area contributed by atoms with Gasteiger partial charge in [-0.15, -0.1) is 0 Å². The highest BCUT2D eigenvalue weighted by Crippen LogP contribution is 2.19. The van der Waals surface area contributed by atoms with Gasteiger partial charge in [0.05, 0.1) is 11.3 Å². The van der Waals surface area contributed by atoms with Crippen LogP contribution < -0.4 is 5.32 Å². The van der Waals surface area contributed by atoms with Crippen molar-refractivity contribution < 1.29 is 13.2 Å². The monoisotopic (exact) mass is 416 g/mol. The van der Waals surface area contributed by atoms with Crippen LogP contribution in [0.5, 0.6) is 0 Å². The molecule has 3 aromatic rings. The number of amides is 1. The normalized spacial score (nSPS) is 11.9. The Morgan fingerprint density at radius 3 is 2.41 bits per heavy atom. The van der Waals surface area contributed by atoms with Crippen molar-refractivity contribution in [3.8, 4) is 0 Å². The topological polar surface area (TPSA) is 110 Å². The SMILES string of the molecule is CCN(CC)S(=O)(=O)c1ccc(NC(=O)Cc2c(C)nc3ncnn3c2C)cc1. The number of sulfonamides is 1. The van der Waals surface area contributed by atoms with Gasteiger partial charge < -0.3 is 5.32 Å². The average Bonchev–Trinajstić information content (AvgIpc) is 3.15. The number of benzene rings is 1. The van der Waals surface area contributed by atoms with E-state index in [1.54, 1.807) is 30.5 Å². The molecule has 0 saturated heterocycles. The maximum absolute atomic E-state index is 12.5. The van der Waals surface area contributed by atoms with E-state index in [2.05, 4.69) is 20.4 Å². The molecule has 3 rings (SSSR count). The molecule has 0 saturated carbocycles. The molecule has 10 heteroatoms. The first-order valence-electron chi connectivity index (χ1n) is 9.33. The van der Waals surface area contributed by atoms with Gasteiger partial charge in [0, 0.05) is 35.7 Å². The van der Waals surface area contributed by atoms with Gasteiger partial charge in [-0.05, 0) is 38.1 Å². The highest BCUT2D eigenvalue weighted by Gasteiger charge is 2.21. The second kappa shape index (κ2) is 8.26. The summed E-state index contributed by atoms with van der Waals surface area (Å²) in [7, 11) is -3.52. The fourth-order valence-electron chi connectivity index (χ4n) is 3.20. The van der Waals surface area contributed by atoms with E-state index in [1.807, 2.05) is 13.8 Å². The molecule has 0 unspecified atom stereocenters. The number of hydrogen-bond donors (Lipinski definition) is 1. The van der Waals surface area contributed by atoms with E-state index in [-0.39, 0.29) is 17.2 Å². The third-order valence-corrected chi connectivity index (χ3v) is 6.87. The highest BCUT2D eigenvalue weighted by molar-refractivity contribution is 7.89. The summed E-state index contributed by atoms with van der Waals surface area (Å²) < 4.78 is 28.1. The van der Waals surface area contributed by atoms with E-state index < -0.39 is 10.0 Å². The van der Waals surface area contributed by atoms with Crippen LogP contribution in [-0.2, 0) is 21.2 Å². The minimum atomic E-state index is -3.52. The van der Waals surface area contributed by atoms with Crippen LogP contribution in [0.25, 0.3) is 5.78 Å². The van der Waals surface area contributed by atoms with Crippen molar-refractivity contribution in [3.63, 3.8) is 0 Å². The van der Waals surface area contributed by atoms with Crippen LogP contribution in [0, 0.1) is 13.8 Å². The van der Waals surface area contributed by atoms with Crippen LogP contribution in [-0.4, -0.2) is 51.3 Å². The molecule has 0 atom stereocenters. The lowest BCUT2D eigenvalue weighted by Crippen LogP contribution is -2.30. The molecule has 1 aromatic carbocycles. The molecule has 0 radical (unpaired) electrons. The van der Waals surface area contributed by atoms with Crippen LogP contribution in [0.3, 0.4) is 0 Å². The molecule has 0 aliphatic heterocycles. The first-order chi connectivity index (χ1) is 13.8. The quantitative estimate of drug-likeness (QED) is 0.630. The van der Waals surface area contributed by atoms with Crippen molar-refractivity contribution in [2.24, 2.45) is 0 Å². The van der Waals surface area contributed by atoms with Gasteiger partial charge >= 0.3 is 0 Å². The molecule has 29 heavy (non-hydrogen) atoms. The largest absolute Gasteiger partial charge is 0.326 e. The molecule has 0 bridgehead atoms. The standard InChI is InChI=1S/C19H24N6O3S/c1-5-24(6-2)29(27,28)16-9-7-15(8-10-16)23-18(26)11-17-13(3)22-19-20-12-21-25(19)14(17)4/h7-10,12H,5-6,11H2,1-4H3,(H,23,26). The molecule has 9 nitrogen and oxygen atoms in total. The number of nitrogens with one attached hydrogen (secondary N) is 1. The molecular formula is C19H24N6O3S. The van der Waals surface area contributed by atoms with Gasteiger partial charge in [-0.1, -0.05) is 13.8 Å². The molecular weight excluding hydrogens is 392 g/mol. The van der Waals surface area contributed by atoms with Crippen LogP contribution in [0.4, 0.5) is 5.69 Å². The van der Waals surface area contributed by atoms with Gasteiger partial charge in [0.1, 0.15) is 6.33 Å². The first kappa shape index (κ1) is 20.9. The van der Waals surface area contributed by atoms with Gasteiger partial charge in [0.25, 0.3) is 5.78 Å². The van der Waals surface area contributed by atoms with Crippen LogP contribution >= 0.6 is 0 Å². The predicted octanol–water partition coefficient (Wildman–Crippen LogP) is 1.95. The fourth-order valence-corrected chi connectivity index (χ4v) is 4.66. The molecule has 2 aromatic heterocycles. The zero-order chi connectivity index (χ0) is 21.2. The van der Waals surface area contributed by atoms with Crippen LogP contribution in [0.15, 0.2) is 35.5 Å². The lowest BCUT2D eigenvalue weighted by atomic mass is 10.1. The Bertz CT molecular complexity index is 1130. The zero-order valence-corrected chi connectivity index (χ0v) is 17.7. The second-order valence-electron chi connectivity index (χ2n) is 6.57. The molecule has 0 aliphatic rings. The van der Waals surface area contributed by atoms with Crippen molar-refractivity contribution >= 4 is 27.4 Å². The number of nitrogens with zero attached hydrogens (tertiary/aromatic N) is 5. The highest BCUT2D eigenvalue weighted by atomic mass is 32.2. The van der Waals surface area contributed by atoms with E-state index in [0.29, 0.717) is 24.6 Å². The molecule has 0 fully saturated rings. The van der Waals surface area contributed by atoms with Gasteiger partial charge in [0.2, 0.25) is 15.9 Å². The van der Waals surface area contributed by atoms with Crippen molar-refractivity contribution in [2.75, 3.05) is 18.4 Å². The van der Waals surface area contributed by atoms with Crippen LogP contribution in [0.2, 0.25) is 0 Å². The van der Waals surface area contributed by atoms with Crippen molar-refractivity contribution in [2.45, 2.75) is 39.0 Å². The Balaban J connectivity index is 1.75. The average molecular weight is 417 g/mol. The summed E-state index contributed by atoms with van der Waals surface area (Å²) in [6, 6.07) is 6.19. The molecule has 2 heterocycles. The summed E-state index contributed by atoms with van der Waals surface area (Å²) >= 11 is 0. The first-order valence-corrected chi connectivity index (χ1v) is 10.8. The fraction of sp³-hybridized carbons (Fsp3) is 0.368. The van der Waals surface area contributed by atoms with Gasteiger partial charge in [-0.2, -0.15) is 14.4 Å². The van der Waals surface area contributed by atoms with Crippen molar-refractivity contribution in [1.29, 1.82) is 0 Å². The number of rotatable bonds is 7. The van der Waals surface area contributed by atoms with E-state index in [1.165, 1.54) is 22.8 Å². The van der Waals surface area contributed by atoms with Gasteiger partial charge in [-0.25, -0.2) is 17.9 Å². The predicted molar refractivity (Wildman–Crippen MR) is 109 cm³/mol. The minimum Gasteiger partial charge on any atom is -0.326 e. The Kier molecular flexibility index (Phi) is 5.94. The lowest BCUT2D eigenvalue weighted by molar-refractivity contribution is -0.115. The molecule has 1 amide bonds. The van der Waals surface area contributed by atoms with Gasteiger partial charge in [-0.3, -0.25) is 4.79 Å². The molecule has 0 aliphatic carbocycles. The smallest absolute Gasteiger partial charge is 0.252 e. The van der Waals surface area contributed by atoms with Crippen molar-refractivity contribution in [1.82, 2.24) is 23.9 Å². The van der Waals surface area contributed by atoms with E-state index >= 15 is 0 Å². The summed E-state index contributed by atoms with van der Waals surface area (Å²) in [5.74, 6) is 0.269. The minimum absolute atomic E-state index is 0.125. The number of carbonyl (C=O) groups is 1. The summed E-state index contributed by atoms with van der Waals surface area (Å²) in [5, 5.41) is 6.92. The van der Waals surface area contributed by atoms with E-state index in [9.17, 15) is 13.2 Å². The third kappa shape index (κ3) is 4.13. The summed E-state index contributed by atoms with van der Waals surface area (Å²) in [4.78, 5) is 21.2. The molecule has 154 valence electrons. The summed E-state index contributed by atoms with van der Waals surface area (Å²) in [5.41, 5.74) is 2.83. The van der Waals surface area contributed by atoms with Crippen molar-refractivity contribution in [3.05, 3.63) is 47.5 Å². The number of aryl methyl sites for hydroxylation is 2. The summed E-state index contributed by atoms with van der Waals surface area (Å²) in [6.07, 6.45) is 1.55. The summed E-state index contributed by atoms with van der Waals surface area (Å²) in [6.45, 7) is 8.10. The Labute approximate surface area is 169 Å². The van der Waals surface area contributed by atoms with E-state index in [4.69, 9.17) is 0 Å². The lowest BCUT2D eigenvalue weighted by Gasteiger charge is -2.18. The van der Waals surface area contributed by atoms with Gasteiger partial charge in [0.15, 0.2) is 0 Å². The second-order valence-corrected chi connectivity index (χ2v) is 8.51. The number of hydrogen-bond acceptors (Lipinski definition) is 6. The number of carbonyl (C=O) groups excluding carboxylic acids is 1. The number of fused-ring (bicyclic) bond motifs is 1. The van der Waals surface area contributed by atoms with E-state index in [0.717, 1.165) is 17.0 Å². The molecule has 0 spiro atoms. The Morgan fingerprint density at radius 2 is 1.79 bits per heavy atom. The zero-order valence-electron chi connectivity index (χ0n) is 16.9.